The minimum Gasteiger partial charge on any atom is -0.353 e. The van der Waals surface area contributed by atoms with Crippen LogP contribution in [0.4, 0.5) is 0 Å². The Morgan fingerprint density at radius 2 is 2.21 bits per heavy atom. The fourth-order valence-electron chi connectivity index (χ4n) is 1.13. The molecule has 0 aromatic rings. The minimum absolute atomic E-state index is 0.187. The quantitative estimate of drug-likeness (QED) is 0.682. The molecule has 4 heteroatoms. The first kappa shape index (κ1) is 11.7. The number of nitrogens with one attached hydrogen (secondary N) is 2. The Morgan fingerprint density at radius 1 is 1.50 bits per heavy atom. The monoisotopic (exact) mass is 260 g/mol. The van der Waals surface area contributed by atoms with Crippen LogP contribution in [0.1, 0.15) is 25.7 Å². The van der Waals surface area contributed by atoms with Crippen molar-refractivity contribution in [1.82, 2.24) is 10.6 Å². The number of halogens is 1. The molecule has 80 valence electrons. The Labute approximate surface area is 93.5 Å². The van der Waals surface area contributed by atoms with Gasteiger partial charge in [-0.05, 0) is 25.8 Å². The lowest BCUT2D eigenvalue weighted by molar-refractivity contribution is -0.121. The molecule has 1 aliphatic rings. The molecule has 1 amide bonds. The molecule has 0 aromatic carbocycles. The largest absolute Gasteiger partial charge is 0.353 e. The first-order valence-corrected chi connectivity index (χ1v) is 5.81. The lowest BCUT2D eigenvalue weighted by Gasteiger charge is -2.04. The Bertz CT molecular complexity index is 214. The maximum absolute atomic E-state index is 11.2. The van der Waals surface area contributed by atoms with Crippen molar-refractivity contribution in [3.05, 3.63) is 11.1 Å². The summed E-state index contributed by atoms with van der Waals surface area (Å²) in [7, 11) is 0. The van der Waals surface area contributed by atoms with E-state index < -0.39 is 0 Å². The molecule has 2 N–H and O–H groups in total. The summed E-state index contributed by atoms with van der Waals surface area (Å²) >= 11 is 3.26. The van der Waals surface area contributed by atoms with Crippen LogP contribution in [0.15, 0.2) is 11.1 Å². The highest BCUT2D eigenvalue weighted by Crippen LogP contribution is 2.18. The summed E-state index contributed by atoms with van der Waals surface area (Å²) in [6, 6.07) is 0.484. The van der Waals surface area contributed by atoms with Gasteiger partial charge in [-0.3, -0.25) is 4.79 Å². The van der Waals surface area contributed by atoms with Gasteiger partial charge < -0.3 is 10.6 Å². The summed E-state index contributed by atoms with van der Waals surface area (Å²) < 4.78 is 0.944. The van der Waals surface area contributed by atoms with Crippen LogP contribution in [0.3, 0.4) is 0 Å². The van der Waals surface area contributed by atoms with E-state index in [1.54, 1.807) is 0 Å². The van der Waals surface area contributed by atoms with Crippen molar-refractivity contribution < 1.29 is 4.79 Å². The molecule has 0 spiro atoms. The molecule has 1 aliphatic carbocycles. The first-order chi connectivity index (χ1) is 6.68. The van der Waals surface area contributed by atoms with Gasteiger partial charge in [-0.25, -0.2) is 0 Å². The van der Waals surface area contributed by atoms with Gasteiger partial charge in [-0.2, -0.15) is 0 Å². The Hall–Kier alpha value is -0.350. The second-order valence-corrected chi connectivity index (χ2v) is 4.76. The molecule has 0 aliphatic heterocycles. The molecular formula is C10H17BrN2O. The van der Waals surface area contributed by atoms with Crippen molar-refractivity contribution in [2.75, 3.05) is 13.1 Å². The molecule has 0 unspecified atom stereocenters. The van der Waals surface area contributed by atoms with Gasteiger partial charge in [-0.15, -0.1) is 0 Å². The van der Waals surface area contributed by atoms with Crippen molar-refractivity contribution in [3.63, 3.8) is 0 Å². The number of hydrogen-bond acceptors (Lipinski definition) is 2. The highest BCUT2D eigenvalue weighted by Gasteiger charge is 2.22. The lowest BCUT2D eigenvalue weighted by atomic mass is 10.3. The first-order valence-electron chi connectivity index (χ1n) is 5.02. The number of rotatable bonds is 7. The summed E-state index contributed by atoms with van der Waals surface area (Å²) in [6.45, 7) is 5.34. The Balaban J connectivity index is 1.87. The van der Waals surface area contributed by atoms with E-state index in [0.29, 0.717) is 12.5 Å². The van der Waals surface area contributed by atoms with Crippen LogP contribution in [-0.2, 0) is 4.79 Å². The van der Waals surface area contributed by atoms with Crippen LogP contribution in [-0.4, -0.2) is 25.0 Å². The molecule has 1 rings (SSSR count). The van der Waals surface area contributed by atoms with Crippen LogP contribution in [0.5, 0.6) is 0 Å². The van der Waals surface area contributed by atoms with Crippen molar-refractivity contribution >= 4 is 21.8 Å². The lowest BCUT2D eigenvalue weighted by Crippen LogP contribution is -2.26. The minimum atomic E-state index is 0.187. The number of carbonyl (C=O) groups excluding carboxylic acids is 1. The maximum atomic E-state index is 11.2. The maximum Gasteiger partial charge on any atom is 0.220 e. The second-order valence-electron chi connectivity index (χ2n) is 3.64. The fourth-order valence-corrected chi connectivity index (χ4v) is 1.32. The zero-order valence-electron chi connectivity index (χ0n) is 8.31. The van der Waals surface area contributed by atoms with E-state index >= 15 is 0 Å². The zero-order chi connectivity index (χ0) is 10.4. The molecule has 0 atom stereocenters. The predicted molar refractivity (Wildman–Crippen MR) is 61.3 cm³/mol. The van der Waals surface area contributed by atoms with Gasteiger partial charge in [0.2, 0.25) is 5.91 Å². The molecule has 3 nitrogen and oxygen atoms in total. The van der Waals surface area contributed by atoms with Crippen LogP contribution in [0.2, 0.25) is 0 Å². The normalized spacial score (nSPS) is 15.2. The molecule has 14 heavy (non-hydrogen) atoms. The van der Waals surface area contributed by atoms with Crippen LogP contribution < -0.4 is 10.6 Å². The molecule has 0 bridgehead atoms. The Morgan fingerprint density at radius 3 is 2.79 bits per heavy atom. The summed E-state index contributed by atoms with van der Waals surface area (Å²) in [5.41, 5.74) is 0. The number of hydrogen-bond donors (Lipinski definition) is 2. The van der Waals surface area contributed by atoms with E-state index in [0.717, 1.165) is 36.8 Å². The van der Waals surface area contributed by atoms with Crippen LogP contribution in [0, 0.1) is 0 Å². The molecule has 0 aromatic heterocycles. The van der Waals surface area contributed by atoms with Gasteiger partial charge >= 0.3 is 0 Å². The van der Waals surface area contributed by atoms with Crippen LogP contribution >= 0.6 is 15.9 Å². The molecular weight excluding hydrogens is 244 g/mol. The van der Waals surface area contributed by atoms with E-state index in [4.69, 9.17) is 0 Å². The van der Waals surface area contributed by atoms with Crippen molar-refractivity contribution in [2.45, 2.75) is 31.7 Å². The summed E-state index contributed by atoms with van der Waals surface area (Å²) in [5.74, 6) is 0.187. The second kappa shape index (κ2) is 6.19. The molecule has 1 saturated carbocycles. The average molecular weight is 261 g/mol. The fraction of sp³-hybridized carbons (Fsp3) is 0.700. The molecule has 0 heterocycles. The third-order valence-corrected chi connectivity index (χ3v) is 2.30. The van der Waals surface area contributed by atoms with E-state index in [-0.39, 0.29) is 5.91 Å². The predicted octanol–water partition coefficient (Wildman–Crippen LogP) is 1.54. The van der Waals surface area contributed by atoms with Gasteiger partial charge in [0.1, 0.15) is 0 Å². The number of carbonyl (C=O) groups is 1. The van der Waals surface area contributed by atoms with E-state index in [1.165, 1.54) is 0 Å². The smallest absolute Gasteiger partial charge is 0.220 e. The average Bonchev–Trinajstić information content (AvgIpc) is 2.87. The van der Waals surface area contributed by atoms with Gasteiger partial charge in [0.15, 0.2) is 0 Å². The van der Waals surface area contributed by atoms with Crippen LogP contribution in [0.25, 0.3) is 0 Å². The third-order valence-electron chi connectivity index (χ3n) is 2.02. The van der Waals surface area contributed by atoms with Gasteiger partial charge in [0.25, 0.3) is 0 Å². The SMILES string of the molecule is C=C(Br)CNCCCC(=O)NC1CC1. The summed E-state index contributed by atoms with van der Waals surface area (Å²) in [4.78, 5) is 11.2. The zero-order valence-corrected chi connectivity index (χ0v) is 9.90. The van der Waals surface area contributed by atoms with E-state index in [9.17, 15) is 4.79 Å². The summed E-state index contributed by atoms with van der Waals surface area (Å²) in [5, 5.41) is 6.14. The summed E-state index contributed by atoms with van der Waals surface area (Å²) in [6.07, 6.45) is 3.83. The Kier molecular flexibility index (Phi) is 5.19. The third kappa shape index (κ3) is 6.16. The van der Waals surface area contributed by atoms with Gasteiger partial charge in [0.05, 0.1) is 0 Å². The van der Waals surface area contributed by atoms with Crippen molar-refractivity contribution in [3.8, 4) is 0 Å². The molecule has 0 radical (unpaired) electrons. The van der Waals surface area contributed by atoms with Gasteiger partial charge in [0, 0.05) is 23.5 Å². The van der Waals surface area contributed by atoms with Crippen molar-refractivity contribution in [2.24, 2.45) is 0 Å². The molecule has 0 saturated heterocycles. The standard InChI is InChI=1S/C10H17BrN2O/c1-8(11)7-12-6-2-3-10(14)13-9-4-5-9/h9,12H,1-7H2,(H,13,14). The van der Waals surface area contributed by atoms with Gasteiger partial charge in [-0.1, -0.05) is 22.5 Å². The van der Waals surface area contributed by atoms with E-state index in [1.807, 2.05) is 0 Å². The van der Waals surface area contributed by atoms with Crippen molar-refractivity contribution in [1.29, 1.82) is 0 Å². The molecule has 1 fully saturated rings. The topological polar surface area (TPSA) is 41.1 Å². The highest BCUT2D eigenvalue weighted by molar-refractivity contribution is 9.11. The number of amides is 1. The van der Waals surface area contributed by atoms with E-state index in [2.05, 4.69) is 33.1 Å². The highest BCUT2D eigenvalue weighted by atomic mass is 79.9.